The molecule has 1 aromatic heterocycles. The Labute approximate surface area is 162 Å². The number of nitrogens with zero attached hydrogens (tertiary/aromatic N) is 1. The number of benzene rings is 2. The van der Waals surface area contributed by atoms with Crippen LogP contribution in [0.2, 0.25) is 5.02 Å². The van der Waals surface area contributed by atoms with Gasteiger partial charge in [-0.05, 0) is 36.8 Å². The molecular weight excluding hydrogens is 362 g/mol. The Kier molecular flexibility index (Phi) is 6.25. The fourth-order valence-corrected chi connectivity index (χ4v) is 2.99. The predicted octanol–water partition coefficient (Wildman–Crippen LogP) is 3.16. The van der Waals surface area contributed by atoms with Crippen LogP contribution in [-0.4, -0.2) is 21.6 Å². The van der Waals surface area contributed by atoms with E-state index in [0.29, 0.717) is 34.7 Å². The van der Waals surface area contributed by atoms with Crippen LogP contribution in [0.15, 0.2) is 47.3 Å². The number of aromatic nitrogens is 2. The number of aromatic amines is 1. The molecule has 0 aliphatic rings. The quantitative estimate of drug-likeness (QED) is 0.468. The van der Waals surface area contributed by atoms with E-state index in [1.165, 1.54) is 0 Å². The maximum atomic E-state index is 12.3. The molecule has 3 rings (SSSR count). The van der Waals surface area contributed by atoms with Crippen LogP contribution in [0.3, 0.4) is 0 Å². The van der Waals surface area contributed by atoms with E-state index < -0.39 is 0 Å². The zero-order valence-corrected chi connectivity index (χ0v) is 15.7. The van der Waals surface area contributed by atoms with E-state index in [-0.39, 0.29) is 18.2 Å². The normalized spacial score (nSPS) is 11.8. The summed E-state index contributed by atoms with van der Waals surface area (Å²) in [5, 5.41) is 13.3. The molecule has 2 aromatic carbocycles. The first-order chi connectivity index (χ1) is 13.1. The number of halogens is 1. The molecule has 1 heterocycles. The Morgan fingerprint density at radius 1 is 1.30 bits per heavy atom. The number of aliphatic hydroxyl groups excluding tert-OH is 1. The van der Waals surface area contributed by atoms with Gasteiger partial charge in [-0.2, -0.15) is 0 Å². The molecule has 0 fully saturated rings. The maximum Gasteiger partial charge on any atom is 0.260 e. The molecule has 0 spiro atoms. The lowest BCUT2D eigenvalue weighted by molar-refractivity contribution is 0.282. The average molecular weight is 382 g/mol. The molecule has 0 radical (unpaired) electrons. The Balaban J connectivity index is 1.62. The summed E-state index contributed by atoms with van der Waals surface area (Å²) in [4.78, 5) is 19.6. The lowest BCUT2D eigenvalue weighted by Gasteiger charge is -2.12. The lowest BCUT2D eigenvalue weighted by atomic mass is 10.1. The van der Waals surface area contributed by atoms with Crippen LogP contribution < -0.4 is 10.9 Å². The van der Waals surface area contributed by atoms with Crippen molar-refractivity contribution < 1.29 is 5.11 Å². The standard InChI is InChI=1S/C21H20ClN3O2/c1-14(20-24-18-10-5-9-17(22)19(18)21(27)25-20)23-11-3-2-6-15-7-4-8-16(12-15)13-26/h4-5,7-10,12,14,23,26H,3,11,13H2,1H3,(H,24,25,27). The van der Waals surface area contributed by atoms with Gasteiger partial charge < -0.3 is 15.4 Å². The van der Waals surface area contributed by atoms with Crippen molar-refractivity contribution >= 4 is 22.5 Å². The van der Waals surface area contributed by atoms with Gasteiger partial charge in [-0.15, -0.1) is 0 Å². The third-order valence-electron chi connectivity index (χ3n) is 4.15. The molecule has 5 nitrogen and oxygen atoms in total. The molecule has 1 unspecified atom stereocenters. The highest BCUT2D eigenvalue weighted by atomic mass is 35.5. The van der Waals surface area contributed by atoms with Crippen molar-refractivity contribution in [3.05, 3.63) is 74.8 Å². The van der Waals surface area contributed by atoms with Gasteiger partial charge in [0, 0.05) is 18.5 Å². The molecule has 0 saturated heterocycles. The average Bonchev–Trinajstić information content (AvgIpc) is 2.67. The monoisotopic (exact) mass is 381 g/mol. The SMILES string of the molecule is CC(NCCC#Cc1cccc(CO)c1)c1nc2cccc(Cl)c2c(=O)[nH]1. The molecule has 0 saturated carbocycles. The van der Waals surface area contributed by atoms with Crippen LogP contribution in [0, 0.1) is 11.8 Å². The van der Waals surface area contributed by atoms with E-state index in [2.05, 4.69) is 27.1 Å². The van der Waals surface area contributed by atoms with Gasteiger partial charge in [0.25, 0.3) is 5.56 Å². The first-order valence-electron chi connectivity index (χ1n) is 8.69. The molecule has 0 aliphatic heterocycles. The topological polar surface area (TPSA) is 78.0 Å². The zero-order valence-electron chi connectivity index (χ0n) is 14.9. The summed E-state index contributed by atoms with van der Waals surface area (Å²) in [7, 11) is 0. The summed E-state index contributed by atoms with van der Waals surface area (Å²) < 4.78 is 0. The third kappa shape index (κ3) is 4.75. The van der Waals surface area contributed by atoms with Crippen LogP contribution in [0.25, 0.3) is 10.9 Å². The fraction of sp³-hybridized carbons (Fsp3) is 0.238. The van der Waals surface area contributed by atoms with Gasteiger partial charge in [0.1, 0.15) is 5.82 Å². The second-order valence-electron chi connectivity index (χ2n) is 6.17. The largest absolute Gasteiger partial charge is 0.392 e. The smallest absolute Gasteiger partial charge is 0.260 e. The molecule has 138 valence electrons. The van der Waals surface area contributed by atoms with Gasteiger partial charge in [-0.3, -0.25) is 4.79 Å². The lowest BCUT2D eigenvalue weighted by Crippen LogP contribution is -2.24. The number of rotatable bonds is 5. The Morgan fingerprint density at radius 2 is 2.11 bits per heavy atom. The molecule has 1 atom stereocenters. The summed E-state index contributed by atoms with van der Waals surface area (Å²) in [6, 6.07) is 12.6. The Hall–Kier alpha value is -2.65. The van der Waals surface area contributed by atoms with Crippen LogP contribution in [0.4, 0.5) is 0 Å². The maximum absolute atomic E-state index is 12.3. The minimum Gasteiger partial charge on any atom is -0.392 e. The molecule has 6 heteroatoms. The van der Waals surface area contributed by atoms with E-state index >= 15 is 0 Å². The Bertz CT molecular complexity index is 1070. The first-order valence-corrected chi connectivity index (χ1v) is 9.07. The highest BCUT2D eigenvalue weighted by Gasteiger charge is 2.11. The fourth-order valence-electron chi connectivity index (χ4n) is 2.73. The van der Waals surface area contributed by atoms with Gasteiger partial charge >= 0.3 is 0 Å². The highest BCUT2D eigenvalue weighted by molar-refractivity contribution is 6.35. The second kappa shape index (κ2) is 8.83. The van der Waals surface area contributed by atoms with Gasteiger partial charge in [0.15, 0.2) is 0 Å². The van der Waals surface area contributed by atoms with Crippen molar-refractivity contribution in [2.75, 3.05) is 6.54 Å². The number of nitrogens with one attached hydrogen (secondary N) is 2. The van der Waals surface area contributed by atoms with Crippen molar-refractivity contribution in [3.8, 4) is 11.8 Å². The number of hydrogen-bond donors (Lipinski definition) is 3. The van der Waals surface area contributed by atoms with Gasteiger partial charge in [-0.1, -0.05) is 41.6 Å². The summed E-state index contributed by atoms with van der Waals surface area (Å²) in [6.07, 6.45) is 0.650. The number of hydrogen-bond acceptors (Lipinski definition) is 4. The van der Waals surface area contributed by atoms with Crippen LogP contribution in [0.1, 0.15) is 36.3 Å². The van der Waals surface area contributed by atoms with Crippen LogP contribution >= 0.6 is 11.6 Å². The van der Waals surface area contributed by atoms with E-state index in [1.807, 2.05) is 31.2 Å². The number of aliphatic hydroxyl groups is 1. The minimum atomic E-state index is -0.238. The molecule has 27 heavy (non-hydrogen) atoms. The van der Waals surface area contributed by atoms with Gasteiger partial charge in [0.05, 0.1) is 28.6 Å². The summed E-state index contributed by atoms with van der Waals surface area (Å²) in [5.41, 5.74) is 2.07. The molecule has 0 bridgehead atoms. The van der Waals surface area contributed by atoms with Crippen molar-refractivity contribution in [2.45, 2.75) is 26.0 Å². The van der Waals surface area contributed by atoms with E-state index in [1.54, 1.807) is 18.2 Å². The van der Waals surface area contributed by atoms with Crippen molar-refractivity contribution in [2.24, 2.45) is 0 Å². The summed E-state index contributed by atoms with van der Waals surface area (Å²) >= 11 is 6.08. The first kappa shape index (κ1) is 19.1. The van der Waals surface area contributed by atoms with Crippen molar-refractivity contribution in [1.82, 2.24) is 15.3 Å². The third-order valence-corrected chi connectivity index (χ3v) is 4.47. The molecule has 3 aromatic rings. The van der Waals surface area contributed by atoms with Gasteiger partial charge in [-0.25, -0.2) is 4.98 Å². The number of fused-ring (bicyclic) bond motifs is 1. The van der Waals surface area contributed by atoms with E-state index in [9.17, 15) is 4.79 Å². The highest BCUT2D eigenvalue weighted by Crippen LogP contribution is 2.19. The minimum absolute atomic E-state index is 0.0107. The molecular formula is C21H20ClN3O2. The molecule has 0 aliphatic carbocycles. The second-order valence-corrected chi connectivity index (χ2v) is 6.58. The molecule has 3 N–H and O–H groups in total. The van der Waals surface area contributed by atoms with Crippen LogP contribution in [-0.2, 0) is 6.61 Å². The predicted molar refractivity (Wildman–Crippen MR) is 108 cm³/mol. The van der Waals surface area contributed by atoms with Crippen molar-refractivity contribution in [3.63, 3.8) is 0 Å². The summed E-state index contributed by atoms with van der Waals surface area (Å²) in [6.45, 7) is 2.61. The van der Waals surface area contributed by atoms with E-state index in [0.717, 1.165) is 11.1 Å². The van der Waals surface area contributed by atoms with Crippen molar-refractivity contribution in [1.29, 1.82) is 0 Å². The van der Waals surface area contributed by atoms with Crippen LogP contribution in [0.5, 0.6) is 0 Å². The zero-order chi connectivity index (χ0) is 19.2. The Morgan fingerprint density at radius 3 is 2.93 bits per heavy atom. The summed E-state index contributed by atoms with van der Waals surface area (Å²) in [5.74, 6) is 6.76. The number of H-pyrrole nitrogens is 1. The van der Waals surface area contributed by atoms with E-state index in [4.69, 9.17) is 16.7 Å². The molecule has 0 amide bonds. The van der Waals surface area contributed by atoms with Gasteiger partial charge in [0.2, 0.25) is 0 Å².